The van der Waals surface area contributed by atoms with Gasteiger partial charge in [-0.25, -0.2) is 4.79 Å². The number of rotatable bonds is 2. The molecule has 1 saturated carbocycles. The van der Waals surface area contributed by atoms with Crippen LogP contribution in [0.2, 0.25) is 0 Å². The van der Waals surface area contributed by atoms with E-state index in [2.05, 4.69) is 34.7 Å². The molecule has 2 aromatic rings. The van der Waals surface area contributed by atoms with Gasteiger partial charge in [-0.05, 0) is 81.1 Å². The van der Waals surface area contributed by atoms with Crippen LogP contribution in [0.1, 0.15) is 63.0 Å². The van der Waals surface area contributed by atoms with Crippen LogP contribution >= 0.6 is 0 Å². The van der Waals surface area contributed by atoms with Crippen LogP contribution in [-0.2, 0) is 0 Å². The number of fused-ring (bicyclic) bond motifs is 2. The van der Waals surface area contributed by atoms with Crippen LogP contribution in [0.15, 0.2) is 29.2 Å². The summed E-state index contributed by atoms with van der Waals surface area (Å²) in [5, 5.41) is 6.75. The van der Waals surface area contributed by atoms with Crippen LogP contribution in [0.3, 0.4) is 0 Å². The van der Waals surface area contributed by atoms with E-state index in [9.17, 15) is 4.79 Å². The zero-order valence-corrected chi connectivity index (χ0v) is 16.4. The van der Waals surface area contributed by atoms with Gasteiger partial charge in [0.15, 0.2) is 17.3 Å². The Morgan fingerprint density at radius 2 is 1.86 bits per heavy atom. The Morgan fingerprint density at radius 3 is 2.64 bits per heavy atom. The lowest BCUT2D eigenvalue weighted by atomic mass is 9.87. The number of nitrogens with one attached hydrogen (secondary N) is 2. The van der Waals surface area contributed by atoms with E-state index >= 15 is 0 Å². The van der Waals surface area contributed by atoms with Gasteiger partial charge < -0.3 is 15.4 Å². The minimum atomic E-state index is -0.188. The largest absolute Gasteiger partial charge is 0.450 e. The maximum Gasteiger partial charge on any atom is 0.350 e. The van der Waals surface area contributed by atoms with Crippen molar-refractivity contribution in [3.05, 3.63) is 40.4 Å². The Balaban J connectivity index is 1.41. The second kappa shape index (κ2) is 7.24. The Kier molecular flexibility index (Phi) is 4.59. The van der Waals surface area contributed by atoms with Crippen molar-refractivity contribution in [2.24, 2.45) is 5.92 Å². The van der Waals surface area contributed by atoms with Crippen molar-refractivity contribution in [2.45, 2.75) is 57.4 Å². The molecule has 0 spiro atoms. The maximum atomic E-state index is 12.6. The number of ether oxygens (including phenoxy) is 1. The molecule has 1 aromatic heterocycles. The number of hydrogen-bond donors (Lipinski definition) is 2. The highest BCUT2D eigenvalue weighted by Crippen LogP contribution is 2.42. The average Bonchev–Trinajstić information content (AvgIpc) is 2.73. The third-order valence-electron chi connectivity index (χ3n) is 6.58. The van der Waals surface area contributed by atoms with E-state index in [1.807, 2.05) is 12.3 Å². The van der Waals surface area contributed by atoms with E-state index in [-0.39, 0.29) is 11.7 Å². The molecule has 3 aliphatic rings. The molecule has 0 radical (unpaired) electrons. The molecule has 1 aromatic carbocycles. The Bertz CT molecular complexity index is 925. The first-order valence-electron chi connectivity index (χ1n) is 10.6. The van der Waals surface area contributed by atoms with Crippen molar-refractivity contribution in [1.29, 1.82) is 0 Å². The van der Waals surface area contributed by atoms with Gasteiger partial charge in [-0.1, -0.05) is 13.0 Å². The molecule has 0 unspecified atom stereocenters. The smallest absolute Gasteiger partial charge is 0.350 e. The van der Waals surface area contributed by atoms with Crippen molar-refractivity contribution in [3.8, 4) is 11.5 Å². The average molecular weight is 380 g/mol. The fourth-order valence-electron chi connectivity index (χ4n) is 4.79. The van der Waals surface area contributed by atoms with Gasteiger partial charge in [0.2, 0.25) is 0 Å². The molecular weight excluding hydrogens is 352 g/mol. The third-order valence-corrected chi connectivity index (χ3v) is 6.58. The molecule has 2 N–H and O–H groups in total. The molecule has 6 nitrogen and oxygen atoms in total. The fourth-order valence-corrected chi connectivity index (χ4v) is 4.79. The molecule has 0 atom stereocenters. The van der Waals surface area contributed by atoms with Gasteiger partial charge in [-0.3, -0.25) is 4.57 Å². The summed E-state index contributed by atoms with van der Waals surface area (Å²) >= 11 is 0. The highest BCUT2D eigenvalue weighted by atomic mass is 16.5. The van der Waals surface area contributed by atoms with Gasteiger partial charge in [0.05, 0.1) is 11.9 Å². The molecule has 5 rings (SSSR count). The summed E-state index contributed by atoms with van der Waals surface area (Å²) in [5.74, 6) is 3.29. The van der Waals surface area contributed by atoms with Crippen molar-refractivity contribution in [3.63, 3.8) is 0 Å². The molecule has 1 aliphatic carbocycles. The number of aromatic nitrogens is 2. The summed E-state index contributed by atoms with van der Waals surface area (Å²) < 4.78 is 7.91. The molecule has 3 heterocycles. The lowest BCUT2D eigenvalue weighted by molar-refractivity contribution is 0.280. The monoisotopic (exact) mass is 380 g/mol. The van der Waals surface area contributed by atoms with Crippen LogP contribution in [0.25, 0.3) is 0 Å². The summed E-state index contributed by atoms with van der Waals surface area (Å²) in [5.41, 5.74) is 2.04. The second-order valence-corrected chi connectivity index (χ2v) is 8.56. The number of anilines is 2. The first-order valence-corrected chi connectivity index (χ1v) is 10.6. The van der Waals surface area contributed by atoms with Crippen molar-refractivity contribution >= 4 is 11.5 Å². The van der Waals surface area contributed by atoms with Gasteiger partial charge in [-0.15, -0.1) is 0 Å². The van der Waals surface area contributed by atoms with E-state index in [0.29, 0.717) is 17.5 Å². The maximum absolute atomic E-state index is 12.6. The quantitative estimate of drug-likeness (QED) is 0.693. The summed E-state index contributed by atoms with van der Waals surface area (Å²) in [6, 6.07) is 6.60. The van der Waals surface area contributed by atoms with Crippen LogP contribution in [-0.4, -0.2) is 22.6 Å². The molecular formula is C22H28N4O2. The molecule has 148 valence electrons. The first kappa shape index (κ1) is 17.7. The Labute approximate surface area is 165 Å². The number of nitrogens with zero attached hydrogens (tertiary/aromatic N) is 2. The van der Waals surface area contributed by atoms with Gasteiger partial charge in [0.1, 0.15) is 0 Å². The minimum absolute atomic E-state index is 0.188. The SMILES string of the molecule is CC1CCC(n2cc3c(nc2=O)Nc2cc(C4CCNCC4)ccc2O3)CC1. The predicted molar refractivity (Wildman–Crippen MR) is 110 cm³/mol. The van der Waals surface area contributed by atoms with Gasteiger partial charge >= 0.3 is 5.69 Å². The minimum Gasteiger partial charge on any atom is -0.450 e. The molecule has 2 fully saturated rings. The van der Waals surface area contributed by atoms with Gasteiger partial charge in [-0.2, -0.15) is 4.98 Å². The van der Waals surface area contributed by atoms with Gasteiger partial charge in [0, 0.05) is 6.04 Å². The Hall–Kier alpha value is -2.34. The van der Waals surface area contributed by atoms with Gasteiger partial charge in [0.25, 0.3) is 0 Å². The number of piperidine rings is 1. The summed E-state index contributed by atoms with van der Waals surface area (Å²) in [4.78, 5) is 17.0. The van der Waals surface area contributed by atoms with Crippen LogP contribution in [0.4, 0.5) is 11.5 Å². The predicted octanol–water partition coefficient (Wildman–Crippen LogP) is 4.31. The van der Waals surface area contributed by atoms with Crippen molar-refractivity contribution in [2.75, 3.05) is 18.4 Å². The zero-order valence-electron chi connectivity index (χ0n) is 16.4. The molecule has 28 heavy (non-hydrogen) atoms. The van der Waals surface area contributed by atoms with E-state index in [4.69, 9.17) is 4.74 Å². The van der Waals surface area contributed by atoms with Crippen LogP contribution < -0.4 is 21.1 Å². The molecule has 2 aliphatic heterocycles. The molecule has 1 saturated heterocycles. The zero-order chi connectivity index (χ0) is 19.1. The van der Waals surface area contributed by atoms with E-state index < -0.39 is 0 Å². The second-order valence-electron chi connectivity index (χ2n) is 8.56. The first-order chi connectivity index (χ1) is 13.7. The highest BCUT2D eigenvalue weighted by molar-refractivity contribution is 5.73. The van der Waals surface area contributed by atoms with E-state index in [1.165, 1.54) is 5.56 Å². The molecule has 0 bridgehead atoms. The fraction of sp³-hybridized carbons (Fsp3) is 0.545. The summed E-state index contributed by atoms with van der Waals surface area (Å²) in [6.07, 6.45) is 8.54. The van der Waals surface area contributed by atoms with Crippen molar-refractivity contribution < 1.29 is 4.74 Å². The van der Waals surface area contributed by atoms with E-state index in [1.54, 1.807) is 4.57 Å². The third kappa shape index (κ3) is 3.30. The molecule has 0 amide bonds. The molecule has 6 heteroatoms. The topological polar surface area (TPSA) is 68.2 Å². The van der Waals surface area contributed by atoms with Crippen LogP contribution in [0, 0.1) is 5.92 Å². The lowest BCUT2D eigenvalue weighted by Gasteiger charge is -2.29. The number of benzene rings is 1. The van der Waals surface area contributed by atoms with Crippen LogP contribution in [0.5, 0.6) is 11.5 Å². The normalized spacial score (nSPS) is 24.6. The summed E-state index contributed by atoms with van der Waals surface area (Å²) in [7, 11) is 0. The Morgan fingerprint density at radius 1 is 1.07 bits per heavy atom. The standard InChI is InChI=1S/C22H28N4O2/c1-14-2-5-17(6-3-14)26-13-20-21(25-22(26)27)24-18-12-16(4-7-19(18)28-20)15-8-10-23-11-9-15/h4,7,12-15,17,23H,2-3,5-6,8-11H2,1H3,(H,24,25,27). The number of hydrogen-bond acceptors (Lipinski definition) is 5. The van der Waals surface area contributed by atoms with Crippen molar-refractivity contribution in [1.82, 2.24) is 14.9 Å². The lowest BCUT2D eigenvalue weighted by Crippen LogP contribution is -2.30. The highest BCUT2D eigenvalue weighted by Gasteiger charge is 2.25. The van der Waals surface area contributed by atoms with E-state index in [0.717, 1.165) is 69.0 Å². The summed E-state index contributed by atoms with van der Waals surface area (Å²) in [6.45, 7) is 4.41.